The highest BCUT2D eigenvalue weighted by atomic mass is 32.2. The summed E-state index contributed by atoms with van der Waals surface area (Å²) < 4.78 is 45.0. The fourth-order valence-electron chi connectivity index (χ4n) is 3.46. The Kier molecular flexibility index (Phi) is 7.40. The molecule has 0 aliphatic carbocycles. The molecule has 7 nitrogen and oxygen atoms in total. The minimum atomic E-state index is -3.90. The Labute approximate surface area is 165 Å². The molecule has 0 N–H and O–H groups in total. The smallest absolute Gasteiger partial charge is 0.309 e. The second kappa shape index (κ2) is 9.36. The molecule has 2 rings (SSSR count). The molecule has 0 spiro atoms. The van der Waals surface area contributed by atoms with Crippen molar-refractivity contribution in [3.05, 3.63) is 30.1 Å². The van der Waals surface area contributed by atoms with Crippen molar-refractivity contribution < 1.29 is 27.1 Å². The van der Waals surface area contributed by atoms with Gasteiger partial charge in [0.05, 0.1) is 24.5 Å². The number of para-hydroxylation sites is 1. The third-order valence-electron chi connectivity index (χ3n) is 4.83. The number of benzene rings is 1. The van der Waals surface area contributed by atoms with E-state index in [1.54, 1.807) is 18.7 Å². The predicted molar refractivity (Wildman–Crippen MR) is 104 cm³/mol. The largest absolute Gasteiger partial charge is 0.466 e. The zero-order chi connectivity index (χ0) is 20.9. The summed E-state index contributed by atoms with van der Waals surface area (Å²) >= 11 is 0. The lowest BCUT2D eigenvalue weighted by Gasteiger charge is -2.37. The van der Waals surface area contributed by atoms with Crippen molar-refractivity contribution in [2.75, 3.05) is 30.3 Å². The first-order valence-corrected chi connectivity index (χ1v) is 11.2. The average Bonchev–Trinajstić information content (AvgIpc) is 2.66. The second-order valence-corrected chi connectivity index (χ2v) is 8.65. The molecule has 0 saturated carbocycles. The van der Waals surface area contributed by atoms with Gasteiger partial charge in [0.25, 0.3) is 0 Å². The zero-order valence-electron chi connectivity index (χ0n) is 16.4. The Balaban J connectivity index is 2.22. The van der Waals surface area contributed by atoms with Gasteiger partial charge in [-0.05, 0) is 38.3 Å². The molecule has 1 aromatic rings. The highest BCUT2D eigenvalue weighted by Gasteiger charge is 2.37. The van der Waals surface area contributed by atoms with Crippen LogP contribution >= 0.6 is 0 Å². The number of hydrogen-bond acceptors (Lipinski definition) is 5. The third kappa shape index (κ3) is 5.01. The van der Waals surface area contributed by atoms with E-state index in [-0.39, 0.29) is 24.0 Å². The molecule has 1 heterocycles. The molecule has 0 aromatic heterocycles. The summed E-state index contributed by atoms with van der Waals surface area (Å²) in [5, 5.41) is 0. The topological polar surface area (TPSA) is 84.0 Å². The number of hydrogen-bond donors (Lipinski definition) is 0. The summed E-state index contributed by atoms with van der Waals surface area (Å²) in [5.74, 6) is -1.63. The molecule has 156 valence electrons. The number of nitrogens with zero attached hydrogens (tertiary/aromatic N) is 2. The molecule has 1 aliphatic rings. The van der Waals surface area contributed by atoms with E-state index in [1.165, 1.54) is 18.2 Å². The van der Waals surface area contributed by atoms with E-state index in [4.69, 9.17) is 4.74 Å². The van der Waals surface area contributed by atoms with E-state index >= 15 is 0 Å². The second-order valence-electron chi connectivity index (χ2n) is 6.79. The van der Waals surface area contributed by atoms with Gasteiger partial charge in [0.15, 0.2) is 0 Å². The maximum absolute atomic E-state index is 14.3. The number of amides is 1. The number of esters is 1. The molecule has 1 unspecified atom stereocenters. The zero-order valence-corrected chi connectivity index (χ0v) is 17.2. The van der Waals surface area contributed by atoms with Gasteiger partial charge in [-0.15, -0.1) is 0 Å². The number of halogens is 1. The monoisotopic (exact) mass is 414 g/mol. The van der Waals surface area contributed by atoms with Gasteiger partial charge in [-0.3, -0.25) is 13.9 Å². The average molecular weight is 414 g/mol. The first-order valence-electron chi connectivity index (χ1n) is 9.40. The predicted octanol–water partition coefficient (Wildman–Crippen LogP) is 2.17. The molecular formula is C19H27FN2O5S. The van der Waals surface area contributed by atoms with Crippen LogP contribution in [0.4, 0.5) is 10.1 Å². The molecule has 1 aliphatic heterocycles. The Bertz CT molecular complexity index is 806. The summed E-state index contributed by atoms with van der Waals surface area (Å²) in [6, 6.07) is 4.45. The van der Waals surface area contributed by atoms with Crippen molar-refractivity contribution in [1.29, 1.82) is 0 Å². The van der Waals surface area contributed by atoms with Crippen LogP contribution in [0.2, 0.25) is 0 Å². The van der Waals surface area contributed by atoms with Crippen molar-refractivity contribution in [2.45, 2.75) is 39.2 Å². The van der Waals surface area contributed by atoms with Crippen molar-refractivity contribution in [3.63, 3.8) is 0 Å². The Hall–Kier alpha value is -2.16. The van der Waals surface area contributed by atoms with E-state index in [0.29, 0.717) is 32.5 Å². The van der Waals surface area contributed by atoms with Gasteiger partial charge in [0.2, 0.25) is 15.9 Å². The first kappa shape index (κ1) is 22.1. The maximum atomic E-state index is 14.3. The van der Waals surface area contributed by atoms with Crippen LogP contribution in [0.1, 0.15) is 33.1 Å². The van der Waals surface area contributed by atoms with Crippen molar-refractivity contribution in [2.24, 2.45) is 5.92 Å². The Morgan fingerprint density at radius 3 is 2.36 bits per heavy atom. The first-order chi connectivity index (χ1) is 13.2. The molecule has 28 heavy (non-hydrogen) atoms. The number of sulfonamides is 1. The Morgan fingerprint density at radius 1 is 1.25 bits per heavy atom. The molecule has 1 saturated heterocycles. The van der Waals surface area contributed by atoms with E-state index in [1.807, 2.05) is 0 Å². The lowest BCUT2D eigenvalue weighted by Crippen LogP contribution is -2.53. The molecule has 0 radical (unpaired) electrons. The summed E-state index contributed by atoms with van der Waals surface area (Å²) in [7, 11) is -3.90. The molecule has 1 atom stereocenters. The Morgan fingerprint density at radius 2 is 1.86 bits per heavy atom. The molecule has 1 fully saturated rings. The summed E-state index contributed by atoms with van der Waals surface area (Å²) in [6.07, 6.45) is 2.07. The van der Waals surface area contributed by atoms with E-state index < -0.39 is 27.8 Å². The lowest BCUT2D eigenvalue weighted by molar-refractivity contribution is -0.151. The van der Waals surface area contributed by atoms with Gasteiger partial charge in [-0.25, -0.2) is 12.8 Å². The number of piperidine rings is 1. The fourth-order valence-corrected chi connectivity index (χ4v) is 4.66. The molecule has 0 bridgehead atoms. The number of ether oxygens (including phenoxy) is 1. The van der Waals surface area contributed by atoms with Crippen molar-refractivity contribution in [3.8, 4) is 0 Å². The van der Waals surface area contributed by atoms with Crippen LogP contribution in [0.5, 0.6) is 0 Å². The van der Waals surface area contributed by atoms with E-state index in [0.717, 1.165) is 16.6 Å². The minimum absolute atomic E-state index is 0.147. The van der Waals surface area contributed by atoms with Gasteiger partial charge in [-0.1, -0.05) is 19.1 Å². The molecule has 1 aromatic carbocycles. The summed E-state index contributed by atoms with van der Waals surface area (Å²) in [6.45, 7) is 4.39. The van der Waals surface area contributed by atoms with Crippen LogP contribution in [0, 0.1) is 11.7 Å². The number of carbonyl (C=O) groups is 2. The quantitative estimate of drug-likeness (QED) is 0.639. The SMILES string of the molecule is CCOC(=O)C1CCN(C(=O)C(CC)N(c2ccccc2F)S(C)(=O)=O)CC1. The van der Waals surface area contributed by atoms with Crippen LogP contribution in [-0.4, -0.2) is 57.2 Å². The highest BCUT2D eigenvalue weighted by molar-refractivity contribution is 7.92. The van der Waals surface area contributed by atoms with Crippen LogP contribution in [-0.2, 0) is 24.3 Å². The van der Waals surface area contributed by atoms with Crippen LogP contribution in [0.3, 0.4) is 0 Å². The van der Waals surface area contributed by atoms with Crippen molar-refractivity contribution in [1.82, 2.24) is 4.90 Å². The number of anilines is 1. The molecule has 1 amide bonds. The van der Waals surface area contributed by atoms with Gasteiger partial charge in [0, 0.05) is 13.1 Å². The summed E-state index contributed by atoms with van der Waals surface area (Å²) in [4.78, 5) is 26.5. The minimum Gasteiger partial charge on any atom is -0.466 e. The van der Waals surface area contributed by atoms with Crippen LogP contribution in [0.25, 0.3) is 0 Å². The highest BCUT2D eigenvalue weighted by Crippen LogP contribution is 2.27. The summed E-state index contributed by atoms with van der Waals surface area (Å²) in [5.41, 5.74) is -0.147. The molecule has 9 heteroatoms. The van der Waals surface area contributed by atoms with Gasteiger partial charge < -0.3 is 9.64 Å². The van der Waals surface area contributed by atoms with Crippen molar-refractivity contribution >= 4 is 27.6 Å². The van der Waals surface area contributed by atoms with E-state index in [9.17, 15) is 22.4 Å². The number of carbonyl (C=O) groups excluding carboxylic acids is 2. The lowest BCUT2D eigenvalue weighted by atomic mass is 9.96. The van der Waals surface area contributed by atoms with Crippen LogP contribution < -0.4 is 4.31 Å². The van der Waals surface area contributed by atoms with Gasteiger partial charge in [-0.2, -0.15) is 0 Å². The van der Waals surface area contributed by atoms with Crippen LogP contribution in [0.15, 0.2) is 24.3 Å². The van der Waals surface area contributed by atoms with Gasteiger partial charge >= 0.3 is 5.97 Å². The number of rotatable bonds is 7. The van der Waals surface area contributed by atoms with Gasteiger partial charge in [0.1, 0.15) is 11.9 Å². The number of likely N-dealkylation sites (tertiary alicyclic amines) is 1. The molecular weight excluding hydrogens is 387 g/mol. The third-order valence-corrected chi connectivity index (χ3v) is 5.99. The van der Waals surface area contributed by atoms with E-state index in [2.05, 4.69) is 0 Å². The normalized spacial score (nSPS) is 16.5. The maximum Gasteiger partial charge on any atom is 0.309 e. The standard InChI is InChI=1S/C19H27FN2O5S/c1-4-16(22(28(3,25)26)17-9-7-6-8-15(17)20)18(23)21-12-10-14(11-13-21)19(24)27-5-2/h6-9,14,16H,4-5,10-13H2,1-3H3. The fraction of sp³-hybridized carbons (Fsp3) is 0.579.